The Kier molecular flexibility index (Phi) is 7.20. The van der Waals surface area contributed by atoms with Crippen LogP contribution in [0, 0.1) is 17.5 Å². The van der Waals surface area contributed by atoms with Crippen molar-refractivity contribution >= 4 is 16.5 Å². The number of para-hydroxylation sites is 1. The Morgan fingerprint density at radius 3 is 2.21 bits per heavy atom. The second kappa shape index (κ2) is 11.3. The number of fused-ring (bicyclic) bond motifs is 3. The van der Waals surface area contributed by atoms with Gasteiger partial charge in [-0.15, -0.1) is 0 Å². The van der Waals surface area contributed by atoms with Crippen molar-refractivity contribution < 1.29 is 13.2 Å². The molecule has 1 saturated heterocycles. The van der Waals surface area contributed by atoms with Crippen molar-refractivity contribution in [3.63, 3.8) is 0 Å². The lowest BCUT2D eigenvalue weighted by Gasteiger charge is -2.34. The van der Waals surface area contributed by atoms with E-state index < -0.39 is 0 Å². The summed E-state index contributed by atoms with van der Waals surface area (Å²) < 4.78 is 44.7. The molecule has 2 nitrogen and oxygen atoms in total. The predicted octanol–water partition coefficient (Wildman–Crippen LogP) is 9.36. The van der Waals surface area contributed by atoms with Crippen LogP contribution < -0.4 is 0 Å². The van der Waals surface area contributed by atoms with Crippen LogP contribution in [0.25, 0.3) is 33.3 Å². The standard InChI is InChI=1S/C37H33F3N2/c38-29-15-11-25(12-16-29)28-22-31-19-20-32(23-28)41(31)21-4-3-6-27-24-42(35-9-2-1-7-33(27)35)36-10-5-8-34(37(36)40)26-13-17-30(39)18-14-26/h1-2,5,7-18,22,24,31-32H,3-4,6,19-21,23H2. The molecule has 0 aliphatic carbocycles. The normalized spacial score (nSPS) is 18.5. The molecule has 2 aliphatic heterocycles. The number of unbranched alkanes of at least 4 members (excludes halogenated alkanes) is 1. The highest BCUT2D eigenvalue weighted by Crippen LogP contribution is 2.39. The van der Waals surface area contributed by atoms with E-state index >= 15 is 4.39 Å². The van der Waals surface area contributed by atoms with E-state index in [0.29, 0.717) is 28.9 Å². The van der Waals surface area contributed by atoms with Gasteiger partial charge in [0.2, 0.25) is 0 Å². The van der Waals surface area contributed by atoms with E-state index in [1.807, 2.05) is 41.0 Å². The van der Waals surface area contributed by atoms with Crippen molar-refractivity contribution in [2.24, 2.45) is 0 Å². The van der Waals surface area contributed by atoms with Crippen LogP contribution in [0.3, 0.4) is 0 Å². The number of aryl methyl sites for hydroxylation is 1. The minimum atomic E-state index is -0.337. The average molecular weight is 563 g/mol. The topological polar surface area (TPSA) is 8.17 Å². The number of aromatic nitrogens is 1. The molecule has 2 atom stereocenters. The van der Waals surface area contributed by atoms with E-state index in [1.54, 1.807) is 36.4 Å². The fourth-order valence-corrected chi connectivity index (χ4v) is 6.96. The molecular weight excluding hydrogens is 529 g/mol. The van der Waals surface area contributed by atoms with E-state index in [0.717, 1.165) is 48.7 Å². The molecule has 5 aromatic rings. The molecule has 0 spiro atoms. The number of hydrogen-bond acceptors (Lipinski definition) is 1. The van der Waals surface area contributed by atoms with Crippen LogP contribution in [0.2, 0.25) is 0 Å². The highest BCUT2D eigenvalue weighted by atomic mass is 19.1. The molecule has 0 N–H and O–H groups in total. The van der Waals surface area contributed by atoms with E-state index in [9.17, 15) is 8.78 Å². The summed E-state index contributed by atoms with van der Waals surface area (Å²) in [6.07, 6.45) is 11.0. The minimum absolute atomic E-state index is 0.188. The highest BCUT2D eigenvalue weighted by molar-refractivity contribution is 5.86. The second-order valence-corrected chi connectivity index (χ2v) is 11.6. The van der Waals surface area contributed by atoms with Crippen LogP contribution >= 0.6 is 0 Å². The van der Waals surface area contributed by atoms with Gasteiger partial charge in [0.05, 0.1) is 11.2 Å². The smallest absolute Gasteiger partial charge is 0.154 e. The van der Waals surface area contributed by atoms with Crippen molar-refractivity contribution in [1.29, 1.82) is 0 Å². The zero-order valence-corrected chi connectivity index (χ0v) is 23.4. The number of benzene rings is 4. The lowest BCUT2D eigenvalue weighted by atomic mass is 9.94. The maximum absolute atomic E-state index is 15.9. The lowest BCUT2D eigenvalue weighted by Crippen LogP contribution is -2.39. The quantitative estimate of drug-likeness (QED) is 0.171. The van der Waals surface area contributed by atoms with Gasteiger partial charge in [-0.2, -0.15) is 0 Å². The van der Waals surface area contributed by atoms with Crippen LogP contribution in [0.4, 0.5) is 13.2 Å². The summed E-state index contributed by atoms with van der Waals surface area (Å²) in [6.45, 7) is 1.06. The molecule has 2 aliphatic rings. The SMILES string of the molecule is Fc1ccc(C2=CC3CCC(C2)N3CCCCc2cn(-c3cccc(-c4ccc(F)cc4)c3F)c3ccccc23)cc1. The van der Waals surface area contributed by atoms with Gasteiger partial charge in [-0.1, -0.05) is 60.7 Å². The lowest BCUT2D eigenvalue weighted by molar-refractivity contribution is 0.208. The third kappa shape index (κ3) is 5.07. The largest absolute Gasteiger partial charge is 0.314 e. The first-order chi connectivity index (χ1) is 20.5. The van der Waals surface area contributed by atoms with Gasteiger partial charge in [0.25, 0.3) is 0 Å². The molecule has 42 heavy (non-hydrogen) atoms. The zero-order chi connectivity index (χ0) is 28.6. The van der Waals surface area contributed by atoms with E-state index in [-0.39, 0.29) is 17.5 Å². The third-order valence-corrected chi connectivity index (χ3v) is 9.05. The third-order valence-electron chi connectivity index (χ3n) is 9.05. The van der Waals surface area contributed by atoms with Crippen LogP contribution in [0.15, 0.2) is 103 Å². The van der Waals surface area contributed by atoms with Crippen LogP contribution in [0.1, 0.15) is 43.2 Å². The number of rotatable bonds is 8. The molecule has 0 radical (unpaired) electrons. The van der Waals surface area contributed by atoms with Gasteiger partial charge in [-0.05, 0) is 104 Å². The molecule has 7 rings (SSSR count). The van der Waals surface area contributed by atoms with Gasteiger partial charge < -0.3 is 4.57 Å². The minimum Gasteiger partial charge on any atom is -0.314 e. The Morgan fingerprint density at radius 1 is 0.714 bits per heavy atom. The fourth-order valence-electron chi connectivity index (χ4n) is 6.96. The molecule has 1 aromatic heterocycles. The summed E-state index contributed by atoms with van der Waals surface area (Å²) in [5, 5.41) is 1.15. The van der Waals surface area contributed by atoms with Crippen LogP contribution in [-0.2, 0) is 6.42 Å². The van der Waals surface area contributed by atoms with Gasteiger partial charge in [0.1, 0.15) is 11.6 Å². The summed E-state index contributed by atoms with van der Waals surface area (Å²) in [5.41, 5.74) is 6.30. The summed E-state index contributed by atoms with van der Waals surface area (Å²) >= 11 is 0. The molecule has 2 bridgehead atoms. The maximum atomic E-state index is 15.9. The van der Waals surface area contributed by atoms with E-state index in [2.05, 4.69) is 23.2 Å². The predicted molar refractivity (Wildman–Crippen MR) is 164 cm³/mol. The molecule has 5 heteroatoms. The summed E-state index contributed by atoms with van der Waals surface area (Å²) in [7, 11) is 0. The van der Waals surface area contributed by atoms with Crippen molar-refractivity contribution in [1.82, 2.24) is 9.47 Å². The monoisotopic (exact) mass is 562 g/mol. The first-order valence-electron chi connectivity index (χ1n) is 14.9. The number of halogens is 3. The first kappa shape index (κ1) is 26.8. The molecule has 1 fully saturated rings. The van der Waals surface area contributed by atoms with Gasteiger partial charge in [0.15, 0.2) is 5.82 Å². The molecule has 2 unspecified atom stereocenters. The zero-order valence-electron chi connectivity index (χ0n) is 23.4. The Morgan fingerprint density at radius 2 is 1.45 bits per heavy atom. The van der Waals surface area contributed by atoms with Crippen molar-refractivity contribution in [3.05, 3.63) is 132 Å². The molecular formula is C37H33F3N2. The molecule has 212 valence electrons. The molecule has 0 amide bonds. The van der Waals surface area contributed by atoms with E-state index in [1.165, 1.54) is 36.1 Å². The maximum Gasteiger partial charge on any atom is 0.154 e. The summed E-state index contributed by atoms with van der Waals surface area (Å²) in [6, 6.07) is 27.5. The fraction of sp³-hybridized carbons (Fsp3) is 0.243. The Labute approximate surface area is 244 Å². The van der Waals surface area contributed by atoms with Gasteiger partial charge in [-0.3, -0.25) is 4.90 Å². The van der Waals surface area contributed by atoms with Crippen LogP contribution in [-0.4, -0.2) is 28.1 Å². The van der Waals surface area contributed by atoms with Crippen molar-refractivity contribution in [2.75, 3.05) is 6.54 Å². The molecule has 0 saturated carbocycles. The number of nitrogens with zero attached hydrogens (tertiary/aromatic N) is 2. The first-order valence-corrected chi connectivity index (χ1v) is 14.9. The summed E-state index contributed by atoms with van der Waals surface area (Å²) in [4.78, 5) is 2.66. The van der Waals surface area contributed by atoms with Gasteiger partial charge in [-0.25, -0.2) is 13.2 Å². The molecule has 4 aromatic carbocycles. The van der Waals surface area contributed by atoms with Gasteiger partial charge in [0, 0.05) is 29.2 Å². The highest BCUT2D eigenvalue weighted by Gasteiger charge is 2.36. The summed E-state index contributed by atoms with van der Waals surface area (Å²) in [5.74, 6) is -0.841. The van der Waals surface area contributed by atoms with Gasteiger partial charge >= 0.3 is 0 Å². The Bertz CT molecular complexity index is 1750. The number of hydrogen-bond donors (Lipinski definition) is 0. The Hall–Kier alpha value is -4.09. The van der Waals surface area contributed by atoms with E-state index in [4.69, 9.17) is 0 Å². The van der Waals surface area contributed by atoms with Crippen LogP contribution in [0.5, 0.6) is 0 Å². The van der Waals surface area contributed by atoms with Crippen molar-refractivity contribution in [3.8, 4) is 16.8 Å². The second-order valence-electron chi connectivity index (χ2n) is 11.6. The van der Waals surface area contributed by atoms with Crippen molar-refractivity contribution in [2.45, 2.75) is 50.6 Å². The molecule has 3 heterocycles. The average Bonchev–Trinajstić information content (AvgIpc) is 3.48. The Balaban J connectivity index is 1.06.